The molecule has 5 nitrogen and oxygen atoms in total. The van der Waals surface area contributed by atoms with Crippen molar-refractivity contribution in [1.29, 1.82) is 0 Å². The van der Waals surface area contributed by atoms with Crippen LogP contribution in [-0.4, -0.2) is 37.3 Å². The molecule has 0 aromatic heterocycles. The molecule has 0 bridgehead atoms. The van der Waals surface area contributed by atoms with E-state index in [1.54, 1.807) is 0 Å². The molecule has 0 aliphatic carbocycles. The summed E-state index contributed by atoms with van der Waals surface area (Å²) >= 11 is 0. The van der Waals surface area contributed by atoms with Gasteiger partial charge in [-0.25, -0.2) is 0 Å². The second-order valence-corrected chi connectivity index (χ2v) is 9.55. The molecule has 188 valence electrons. The summed E-state index contributed by atoms with van der Waals surface area (Å²) in [7, 11) is 0. The highest BCUT2D eigenvalue weighted by Crippen LogP contribution is 2.39. The van der Waals surface area contributed by atoms with Gasteiger partial charge < -0.3 is 23.7 Å². The van der Waals surface area contributed by atoms with Crippen molar-refractivity contribution in [2.75, 3.05) is 13.2 Å². The molecule has 0 unspecified atom stereocenters. The summed E-state index contributed by atoms with van der Waals surface area (Å²) in [6.07, 6.45) is 1.76. The third-order valence-corrected chi connectivity index (χ3v) is 6.57. The molecule has 5 rings (SSSR count). The van der Waals surface area contributed by atoms with Crippen LogP contribution in [0.15, 0.2) is 103 Å². The second-order valence-electron chi connectivity index (χ2n) is 9.55. The Morgan fingerprint density at radius 2 is 1.31 bits per heavy atom. The van der Waals surface area contributed by atoms with Gasteiger partial charge in [0.2, 0.25) is 0 Å². The SMILES string of the molecule is CC1=C[C@]2(C[C@@H](OCc3ccccc3)[C@H](OCc3ccccc3)[C@@H](COCc3ccccc3)O2)OC1. The van der Waals surface area contributed by atoms with E-state index in [1.807, 2.05) is 54.6 Å². The van der Waals surface area contributed by atoms with E-state index in [9.17, 15) is 0 Å². The molecule has 0 N–H and O–H groups in total. The van der Waals surface area contributed by atoms with Gasteiger partial charge in [0.15, 0.2) is 5.79 Å². The molecule has 36 heavy (non-hydrogen) atoms. The summed E-state index contributed by atoms with van der Waals surface area (Å²) in [6.45, 7) is 4.46. The molecule has 1 fully saturated rings. The van der Waals surface area contributed by atoms with Gasteiger partial charge in [-0.15, -0.1) is 0 Å². The minimum Gasteiger partial charge on any atom is -0.374 e. The second kappa shape index (κ2) is 12.0. The van der Waals surface area contributed by atoms with Crippen molar-refractivity contribution in [3.63, 3.8) is 0 Å². The molecular formula is C31H34O5. The van der Waals surface area contributed by atoms with Gasteiger partial charge in [0.1, 0.15) is 12.2 Å². The van der Waals surface area contributed by atoms with Crippen LogP contribution in [0.25, 0.3) is 0 Å². The minimum atomic E-state index is -0.821. The van der Waals surface area contributed by atoms with Crippen molar-refractivity contribution >= 4 is 0 Å². The Kier molecular flexibility index (Phi) is 8.26. The normalized spacial score (nSPS) is 25.7. The standard InChI is InChI=1S/C31H34O5/c1-24-17-31(35-19-24)18-28(33-21-26-13-7-3-8-14-26)30(34-22-27-15-9-4-10-16-27)29(36-31)23-32-20-25-11-5-2-6-12-25/h2-17,28-30H,18-23H2,1H3/t28-,29-,30+,31+/m1/s1. The fourth-order valence-electron chi connectivity index (χ4n) is 4.80. The Bertz CT molecular complexity index is 1100. The van der Waals surface area contributed by atoms with Crippen LogP contribution in [0.2, 0.25) is 0 Å². The Labute approximate surface area is 213 Å². The summed E-state index contributed by atoms with van der Waals surface area (Å²) in [4.78, 5) is 0. The predicted molar refractivity (Wildman–Crippen MR) is 138 cm³/mol. The zero-order chi connectivity index (χ0) is 24.6. The van der Waals surface area contributed by atoms with E-state index in [2.05, 4.69) is 49.4 Å². The Morgan fingerprint density at radius 1 is 0.750 bits per heavy atom. The summed E-state index contributed by atoms with van der Waals surface area (Å²) in [6, 6.07) is 30.6. The molecule has 3 aromatic carbocycles. The van der Waals surface area contributed by atoms with Crippen LogP contribution in [0.5, 0.6) is 0 Å². The van der Waals surface area contributed by atoms with Crippen LogP contribution in [0.1, 0.15) is 30.0 Å². The van der Waals surface area contributed by atoms with Crippen LogP contribution in [-0.2, 0) is 43.5 Å². The maximum Gasteiger partial charge on any atom is 0.191 e. The number of benzene rings is 3. The van der Waals surface area contributed by atoms with E-state index in [-0.39, 0.29) is 18.3 Å². The van der Waals surface area contributed by atoms with E-state index < -0.39 is 5.79 Å². The Morgan fingerprint density at radius 3 is 1.86 bits per heavy atom. The Hall–Kier alpha value is -2.80. The largest absolute Gasteiger partial charge is 0.374 e. The van der Waals surface area contributed by atoms with Crippen LogP contribution in [0.3, 0.4) is 0 Å². The lowest BCUT2D eigenvalue weighted by Gasteiger charge is -2.45. The van der Waals surface area contributed by atoms with Crippen molar-refractivity contribution in [3.8, 4) is 0 Å². The van der Waals surface area contributed by atoms with Gasteiger partial charge in [0.25, 0.3) is 0 Å². The van der Waals surface area contributed by atoms with E-state index in [0.29, 0.717) is 39.5 Å². The molecule has 2 heterocycles. The van der Waals surface area contributed by atoms with Crippen LogP contribution in [0.4, 0.5) is 0 Å². The van der Waals surface area contributed by atoms with Gasteiger partial charge in [-0.3, -0.25) is 0 Å². The topological polar surface area (TPSA) is 46.2 Å². The van der Waals surface area contributed by atoms with E-state index in [0.717, 1.165) is 22.3 Å². The number of rotatable bonds is 10. The zero-order valence-electron chi connectivity index (χ0n) is 20.8. The monoisotopic (exact) mass is 486 g/mol. The van der Waals surface area contributed by atoms with E-state index >= 15 is 0 Å². The molecule has 0 saturated carbocycles. The Balaban J connectivity index is 1.35. The van der Waals surface area contributed by atoms with Crippen molar-refractivity contribution in [2.24, 2.45) is 0 Å². The highest BCUT2D eigenvalue weighted by Gasteiger charge is 2.50. The fraction of sp³-hybridized carbons (Fsp3) is 0.355. The molecule has 4 atom stereocenters. The van der Waals surface area contributed by atoms with Crippen molar-refractivity contribution < 1.29 is 23.7 Å². The molecular weight excluding hydrogens is 452 g/mol. The molecule has 2 aliphatic heterocycles. The van der Waals surface area contributed by atoms with Crippen LogP contribution < -0.4 is 0 Å². The third-order valence-electron chi connectivity index (χ3n) is 6.57. The first kappa shape index (κ1) is 24.9. The zero-order valence-corrected chi connectivity index (χ0v) is 20.8. The quantitative estimate of drug-likeness (QED) is 0.337. The molecule has 0 amide bonds. The molecule has 3 aromatic rings. The maximum atomic E-state index is 6.60. The average Bonchev–Trinajstić information content (AvgIpc) is 3.27. The summed E-state index contributed by atoms with van der Waals surface area (Å²) in [5, 5.41) is 0. The lowest BCUT2D eigenvalue weighted by atomic mass is 9.94. The first-order valence-corrected chi connectivity index (χ1v) is 12.6. The van der Waals surface area contributed by atoms with Crippen molar-refractivity contribution in [1.82, 2.24) is 0 Å². The van der Waals surface area contributed by atoms with Gasteiger partial charge in [-0.05, 0) is 35.3 Å². The molecule has 1 saturated heterocycles. The first-order chi connectivity index (χ1) is 17.7. The highest BCUT2D eigenvalue weighted by molar-refractivity contribution is 5.17. The average molecular weight is 487 g/mol. The summed E-state index contributed by atoms with van der Waals surface area (Å²) in [5.41, 5.74) is 4.51. The molecule has 1 spiro atoms. The molecule has 5 heteroatoms. The molecule has 2 aliphatic rings. The third kappa shape index (κ3) is 6.49. The predicted octanol–water partition coefficient (Wildman–Crippen LogP) is 5.84. The first-order valence-electron chi connectivity index (χ1n) is 12.6. The smallest absolute Gasteiger partial charge is 0.191 e. The number of hydrogen-bond acceptors (Lipinski definition) is 5. The van der Waals surface area contributed by atoms with Crippen molar-refractivity contribution in [2.45, 2.75) is 57.3 Å². The highest BCUT2D eigenvalue weighted by atomic mass is 16.7. The number of hydrogen-bond donors (Lipinski definition) is 0. The lowest BCUT2D eigenvalue weighted by molar-refractivity contribution is -0.307. The maximum absolute atomic E-state index is 6.60. The van der Waals surface area contributed by atoms with Gasteiger partial charge >= 0.3 is 0 Å². The fourth-order valence-corrected chi connectivity index (χ4v) is 4.80. The lowest BCUT2D eigenvalue weighted by Crippen LogP contribution is -2.57. The summed E-state index contributed by atoms with van der Waals surface area (Å²) in [5.74, 6) is -0.821. The van der Waals surface area contributed by atoms with Gasteiger partial charge in [-0.1, -0.05) is 91.0 Å². The number of ether oxygens (including phenoxy) is 5. The molecule has 0 radical (unpaired) electrons. The van der Waals surface area contributed by atoms with Crippen LogP contribution >= 0.6 is 0 Å². The van der Waals surface area contributed by atoms with E-state index in [4.69, 9.17) is 23.7 Å². The van der Waals surface area contributed by atoms with E-state index in [1.165, 1.54) is 0 Å². The van der Waals surface area contributed by atoms with Gasteiger partial charge in [-0.2, -0.15) is 0 Å². The minimum absolute atomic E-state index is 0.227. The van der Waals surface area contributed by atoms with Crippen molar-refractivity contribution in [3.05, 3.63) is 119 Å². The summed E-state index contributed by atoms with van der Waals surface area (Å²) < 4.78 is 31.9. The van der Waals surface area contributed by atoms with Gasteiger partial charge in [0, 0.05) is 6.42 Å². The van der Waals surface area contributed by atoms with Crippen LogP contribution in [0, 0.1) is 0 Å². The van der Waals surface area contributed by atoms with Gasteiger partial charge in [0.05, 0.1) is 39.1 Å².